The van der Waals surface area contributed by atoms with Gasteiger partial charge in [0.05, 0.1) is 5.69 Å². The van der Waals surface area contributed by atoms with E-state index in [1.54, 1.807) is 0 Å². The van der Waals surface area contributed by atoms with Gasteiger partial charge in [-0.05, 0) is 70.1 Å². The molecule has 0 amide bonds. The Balaban J connectivity index is 0.000000339. The predicted molar refractivity (Wildman–Crippen MR) is 283 cm³/mol. The number of nitrogens with zero attached hydrogens (tertiary/aromatic N) is 3. The number of aliphatic hydroxyl groups excluding tert-OH is 2. The molecule has 2 radical (unpaired) electrons. The zero-order valence-corrected chi connectivity index (χ0v) is 47.0. The van der Waals surface area contributed by atoms with Crippen LogP contribution in [0.2, 0.25) is 0 Å². The van der Waals surface area contributed by atoms with E-state index >= 15 is 0 Å². The number of aromatic nitrogens is 3. The molecule has 3 heterocycles. The Labute approximate surface area is 461 Å². The van der Waals surface area contributed by atoms with Gasteiger partial charge in [0.1, 0.15) is 0 Å². The topological polar surface area (TPSA) is 136 Å². The molecule has 0 saturated carbocycles. The van der Waals surface area contributed by atoms with Crippen molar-refractivity contribution >= 4 is 10.1 Å². The van der Waals surface area contributed by atoms with Gasteiger partial charge >= 0.3 is 5.51 Å². The molecular formula is C60H57F3Ir2N3O5S-3. The molecule has 0 fully saturated rings. The Morgan fingerprint density at radius 3 is 0.959 bits per heavy atom. The fraction of sp³-hybridized carbons (Fsp3) is 0.150. The maximum atomic E-state index is 10.7. The van der Waals surface area contributed by atoms with Gasteiger partial charge < -0.3 is 24.7 Å². The van der Waals surface area contributed by atoms with Gasteiger partial charge in [-0.3, -0.25) is 4.98 Å². The molecule has 0 bridgehead atoms. The Morgan fingerprint density at radius 1 is 0.446 bits per heavy atom. The van der Waals surface area contributed by atoms with E-state index in [2.05, 4.69) is 151 Å². The Hall–Kier alpha value is -6.31. The first kappa shape index (κ1) is 63.8. The summed E-state index contributed by atoms with van der Waals surface area (Å²) in [4.78, 5) is 13.8. The second-order valence-corrected chi connectivity index (χ2v) is 16.5. The van der Waals surface area contributed by atoms with Gasteiger partial charge in [-0.15, -0.1) is 71.8 Å². The summed E-state index contributed by atoms with van der Waals surface area (Å²) in [5, 5.41) is 14.0. The summed E-state index contributed by atoms with van der Waals surface area (Å²) in [6.07, 6.45) is 8.94. The van der Waals surface area contributed by atoms with E-state index in [4.69, 9.17) is 23.2 Å². The van der Waals surface area contributed by atoms with Crippen LogP contribution in [0.4, 0.5) is 13.2 Å². The molecule has 9 rings (SSSR count). The fourth-order valence-corrected chi connectivity index (χ4v) is 7.17. The van der Waals surface area contributed by atoms with Gasteiger partial charge in [-0.25, -0.2) is 8.42 Å². The monoisotopic (exact) mass is 1370 g/mol. The Bertz CT molecular complexity index is 2770. The van der Waals surface area contributed by atoms with Crippen LogP contribution >= 0.6 is 0 Å². The molecule has 0 aliphatic heterocycles. The largest absolute Gasteiger partial charge is 0.741 e. The number of pyridine rings is 3. The number of hydrogen-bond acceptors (Lipinski definition) is 8. The van der Waals surface area contributed by atoms with Crippen molar-refractivity contribution in [3.63, 3.8) is 0 Å². The van der Waals surface area contributed by atoms with Crippen LogP contribution in [0.25, 0.3) is 67.2 Å². The summed E-state index contributed by atoms with van der Waals surface area (Å²) < 4.78 is 58.9. The van der Waals surface area contributed by atoms with Gasteiger partial charge in [-0.2, -0.15) is 13.2 Å². The van der Waals surface area contributed by atoms with Crippen LogP contribution in [0, 0.1) is 12.1 Å². The molecule has 74 heavy (non-hydrogen) atoms. The Kier molecular flexibility index (Phi) is 28.9. The number of alkyl halides is 3. The standard InChI is InChI=1S/C19H17N.2C19H16N.CHF3O3S.2CH4O.2Ir/c3*1-2-15-13-19(17-11-7-4-8-12-17)20-14-18(15)16-9-5-3-6-10-16;2-1(3,4)8(5,6)7;2*1-2;;/h3-14H,2H2,1H3;2*3-11,13-14H,2H2,1H3;(H,5,6,7);2*2H,1H3;;/q;2*-1;;;;;/p-1. The summed E-state index contributed by atoms with van der Waals surface area (Å²) in [5.41, 5.74) is 11.9. The first-order chi connectivity index (χ1) is 34.9. The third-order valence-corrected chi connectivity index (χ3v) is 11.3. The van der Waals surface area contributed by atoms with E-state index in [0.29, 0.717) is 0 Å². The van der Waals surface area contributed by atoms with Crippen LogP contribution in [0.5, 0.6) is 0 Å². The van der Waals surface area contributed by atoms with Crippen LogP contribution in [0.1, 0.15) is 37.5 Å². The molecule has 8 nitrogen and oxygen atoms in total. The summed E-state index contributed by atoms with van der Waals surface area (Å²) in [7, 11) is -4.09. The number of hydrogen-bond donors (Lipinski definition) is 2. The van der Waals surface area contributed by atoms with Crippen LogP contribution in [-0.2, 0) is 69.6 Å². The van der Waals surface area contributed by atoms with Crippen molar-refractivity contribution in [1.29, 1.82) is 0 Å². The Morgan fingerprint density at radius 2 is 0.703 bits per heavy atom. The zero-order chi connectivity index (χ0) is 52.4. The molecule has 0 atom stereocenters. The summed E-state index contributed by atoms with van der Waals surface area (Å²) in [6.45, 7) is 6.55. The second-order valence-electron chi connectivity index (χ2n) is 15.2. The minimum Gasteiger partial charge on any atom is -0.741 e. The molecule has 0 aliphatic rings. The molecule has 0 saturated heterocycles. The van der Waals surface area contributed by atoms with Crippen LogP contribution in [0.3, 0.4) is 0 Å². The van der Waals surface area contributed by atoms with Crippen molar-refractivity contribution in [2.75, 3.05) is 14.2 Å². The second kappa shape index (κ2) is 33.5. The smallest absolute Gasteiger partial charge is 0.485 e. The van der Waals surface area contributed by atoms with E-state index in [9.17, 15) is 13.2 Å². The molecule has 3 aromatic heterocycles. The van der Waals surface area contributed by atoms with Gasteiger partial charge in [0.25, 0.3) is 0 Å². The number of aliphatic hydroxyl groups is 2. The van der Waals surface area contributed by atoms with E-state index in [1.807, 2.05) is 104 Å². The van der Waals surface area contributed by atoms with Gasteiger partial charge in [0, 0.05) is 95.3 Å². The summed E-state index contributed by atoms with van der Waals surface area (Å²) in [5.74, 6) is 0. The minimum absolute atomic E-state index is 0. The molecule has 390 valence electrons. The van der Waals surface area contributed by atoms with Crippen molar-refractivity contribution in [2.45, 2.75) is 45.5 Å². The van der Waals surface area contributed by atoms with Crippen molar-refractivity contribution in [1.82, 2.24) is 15.0 Å². The van der Waals surface area contributed by atoms with Crippen molar-refractivity contribution in [3.05, 3.63) is 235 Å². The van der Waals surface area contributed by atoms with Crippen LogP contribution < -0.4 is 0 Å². The van der Waals surface area contributed by atoms with Gasteiger partial charge in [0.2, 0.25) is 0 Å². The van der Waals surface area contributed by atoms with Crippen molar-refractivity contribution in [2.24, 2.45) is 0 Å². The molecule has 0 unspecified atom stereocenters. The molecule has 14 heteroatoms. The third-order valence-electron chi connectivity index (χ3n) is 10.7. The molecule has 6 aromatic carbocycles. The third kappa shape index (κ3) is 19.2. The van der Waals surface area contributed by atoms with E-state index in [0.717, 1.165) is 61.7 Å². The quantitative estimate of drug-likeness (QED) is 0.0828. The number of halogens is 3. The molecular weight excluding hydrogens is 1320 g/mol. The van der Waals surface area contributed by atoms with Gasteiger partial charge in [-0.1, -0.05) is 154 Å². The number of rotatable bonds is 9. The number of benzene rings is 6. The SMILES string of the molecule is CCc1cc(-c2[c-]cccc2)ncc1-c1ccccc1.CCc1cc(-c2[c-]cccc2)ncc1-c1ccccc1.CCc1cc(-c2ccccc2)ncc1-c1ccccc1.CO.CO.O=S(=O)([O-])C(F)(F)F.[Ir].[Ir]. The maximum absolute atomic E-state index is 10.7. The van der Waals surface area contributed by atoms with Gasteiger partial charge in [0.15, 0.2) is 10.1 Å². The first-order valence-electron chi connectivity index (χ1n) is 22.9. The summed E-state index contributed by atoms with van der Waals surface area (Å²) >= 11 is 0. The van der Waals surface area contributed by atoms with Crippen molar-refractivity contribution in [3.8, 4) is 67.2 Å². The van der Waals surface area contributed by atoms with Crippen molar-refractivity contribution < 1.29 is 76.6 Å². The zero-order valence-electron chi connectivity index (χ0n) is 41.4. The normalized spacial score (nSPS) is 10.1. The predicted octanol–water partition coefficient (Wildman–Crippen LogP) is 13.8. The average molecular weight is 1370 g/mol. The van der Waals surface area contributed by atoms with E-state index in [1.165, 1.54) is 55.6 Å². The van der Waals surface area contributed by atoms with Crippen LogP contribution in [0.15, 0.2) is 207 Å². The van der Waals surface area contributed by atoms with Crippen LogP contribution in [-0.4, -0.2) is 57.9 Å². The average Bonchev–Trinajstić information content (AvgIpc) is 3.45. The number of aryl methyl sites for hydroxylation is 3. The molecule has 2 N–H and O–H groups in total. The summed E-state index contributed by atoms with van der Waals surface area (Å²) in [6, 6.07) is 70.6. The molecule has 0 spiro atoms. The maximum Gasteiger partial charge on any atom is 0.485 e. The molecule has 9 aromatic rings. The first-order valence-corrected chi connectivity index (χ1v) is 24.3. The fourth-order valence-electron chi connectivity index (χ4n) is 7.17. The molecule has 0 aliphatic carbocycles. The minimum atomic E-state index is -6.09. The van der Waals surface area contributed by atoms with E-state index in [-0.39, 0.29) is 40.2 Å². The van der Waals surface area contributed by atoms with E-state index < -0.39 is 15.6 Å².